The average Bonchev–Trinajstić information content (AvgIpc) is 3.10. The molecule has 1 atom stereocenters. The maximum absolute atomic E-state index is 12.4. The molecule has 0 unspecified atom stereocenters. The van der Waals surface area contributed by atoms with Crippen LogP contribution in [-0.2, 0) is 0 Å². The summed E-state index contributed by atoms with van der Waals surface area (Å²) in [6.45, 7) is 10.5. The highest BCUT2D eigenvalue weighted by Gasteiger charge is 2.24. The molecule has 0 bridgehead atoms. The van der Waals surface area contributed by atoms with Crippen molar-refractivity contribution in [3.63, 3.8) is 0 Å². The van der Waals surface area contributed by atoms with Crippen LogP contribution >= 0.6 is 0 Å². The lowest BCUT2D eigenvalue weighted by Crippen LogP contribution is -2.31. The van der Waals surface area contributed by atoms with Crippen molar-refractivity contribution in [2.75, 3.05) is 26.2 Å². The van der Waals surface area contributed by atoms with Crippen molar-refractivity contribution >= 4 is 11.6 Å². The number of carbonyl (C=O) groups excluding carboxylic acids is 1. The van der Waals surface area contributed by atoms with Crippen molar-refractivity contribution in [3.8, 4) is 0 Å². The van der Waals surface area contributed by atoms with Gasteiger partial charge in [0, 0.05) is 32.0 Å². The monoisotopic (exact) mass is 315 g/mol. The standard InChI is InChI=1S/C17H25N5O/c1-12(2)9-21-5-4-14(11-21)7-19-17(23)15-8-20-22-10-13(3)6-18-16(15)22/h6,8,10,12,14H,4-5,7,9,11H2,1-3H3,(H,19,23)/t14-/m1/s1. The van der Waals surface area contributed by atoms with Gasteiger partial charge in [0.15, 0.2) is 5.65 Å². The van der Waals surface area contributed by atoms with Crippen molar-refractivity contribution in [2.45, 2.75) is 27.2 Å². The second-order valence-electron chi connectivity index (χ2n) is 6.98. The van der Waals surface area contributed by atoms with E-state index in [1.54, 1.807) is 16.9 Å². The molecule has 0 aliphatic carbocycles. The van der Waals surface area contributed by atoms with Crippen LogP contribution in [0.3, 0.4) is 0 Å². The molecule has 0 radical (unpaired) electrons. The topological polar surface area (TPSA) is 62.5 Å². The number of rotatable bonds is 5. The van der Waals surface area contributed by atoms with Crippen LogP contribution in [0.5, 0.6) is 0 Å². The molecule has 23 heavy (non-hydrogen) atoms. The van der Waals surface area contributed by atoms with Gasteiger partial charge in [-0.1, -0.05) is 13.8 Å². The van der Waals surface area contributed by atoms with Gasteiger partial charge in [-0.15, -0.1) is 0 Å². The van der Waals surface area contributed by atoms with Crippen molar-refractivity contribution < 1.29 is 4.79 Å². The molecule has 1 amide bonds. The van der Waals surface area contributed by atoms with Crippen LogP contribution in [0.1, 0.15) is 36.2 Å². The smallest absolute Gasteiger partial charge is 0.256 e. The molecule has 2 aromatic rings. The maximum atomic E-state index is 12.4. The highest BCUT2D eigenvalue weighted by atomic mass is 16.1. The number of fused-ring (bicyclic) bond motifs is 1. The van der Waals surface area contributed by atoms with Gasteiger partial charge in [0.2, 0.25) is 0 Å². The Bertz CT molecular complexity index is 693. The van der Waals surface area contributed by atoms with Crippen LogP contribution in [0.4, 0.5) is 0 Å². The number of aromatic nitrogens is 3. The highest BCUT2D eigenvalue weighted by molar-refractivity contribution is 5.99. The predicted octanol–water partition coefficient (Wildman–Crippen LogP) is 1.75. The quantitative estimate of drug-likeness (QED) is 0.913. The molecule has 0 spiro atoms. The predicted molar refractivity (Wildman–Crippen MR) is 89.4 cm³/mol. The second-order valence-corrected chi connectivity index (χ2v) is 6.98. The summed E-state index contributed by atoms with van der Waals surface area (Å²) in [5.74, 6) is 1.14. The summed E-state index contributed by atoms with van der Waals surface area (Å²) in [4.78, 5) is 19.2. The lowest BCUT2D eigenvalue weighted by atomic mass is 10.1. The first kappa shape index (κ1) is 15.9. The fourth-order valence-corrected chi connectivity index (χ4v) is 3.22. The van der Waals surface area contributed by atoms with Gasteiger partial charge in [-0.3, -0.25) is 4.79 Å². The Kier molecular flexibility index (Phi) is 4.61. The van der Waals surface area contributed by atoms with Crippen LogP contribution in [0, 0.1) is 18.8 Å². The number of aryl methyl sites for hydroxylation is 1. The van der Waals surface area contributed by atoms with Crippen LogP contribution < -0.4 is 5.32 Å². The van der Waals surface area contributed by atoms with Gasteiger partial charge >= 0.3 is 0 Å². The molecule has 1 aliphatic rings. The molecule has 6 nitrogen and oxygen atoms in total. The average molecular weight is 315 g/mol. The van der Waals surface area contributed by atoms with E-state index in [0.29, 0.717) is 23.0 Å². The van der Waals surface area contributed by atoms with Gasteiger partial charge in [0.05, 0.1) is 6.20 Å². The molecular formula is C17H25N5O. The summed E-state index contributed by atoms with van der Waals surface area (Å²) in [6.07, 6.45) is 6.38. The Hall–Kier alpha value is -1.95. The van der Waals surface area contributed by atoms with Gasteiger partial charge < -0.3 is 10.2 Å². The van der Waals surface area contributed by atoms with Gasteiger partial charge in [0.1, 0.15) is 5.56 Å². The first-order valence-electron chi connectivity index (χ1n) is 8.33. The SMILES string of the molecule is Cc1cnc2c(C(=O)NC[C@H]3CCN(CC(C)C)C3)cnn2c1. The van der Waals surface area contributed by atoms with Crippen molar-refractivity contribution in [2.24, 2.45) is 11.8 Å². The number of nitrogens with one attached hydrogen (secondary N) is 1. The summed E-state index contributed by atoms with van der Waals surface area (Å²) < 4.78 is 1.66. The molecule has 1 aliphatic heterocycles. The number of hydrogen-bond acceptors (Lipinski definition) is 4. The molecule has 124 valence electrons. The van der Waals surface area contributed by atoms with E-state index in [-0.39, 0.29) is 5.91 Å². The number of likely N-dealkylation sites (tertiary alicyclic amines) is 1. The minimum absolute atomic E-state index is 0.0846. The number of nitrogens with zero attached hydrogens (tertiary/aromatic N) is 4. The third kappa shape index (κ3) is 3.69. The Labute approximate surface area is 136 Å². The summed E-state index contributed by atoms with van der Waals surface area (Å²) in [5, 5.41) is 7.26. The highest BCUT2D eigenvalue weighted by Crippen LogP contribution is 2.17. The molecule has 1 saturated heterocycles. The van der Waals surface area contributed by atoms with Gasteiger partial charge in [-0.2, -0.15) is 5.10 Å². The molecule has 3 heterocycles. The second kappa shape index (κ2) is 6.66. The van der Waals surface area contributed by atoms with E-state index in [0.717, 1.165) is 38.2 Å². The lowest BCUT2D eigenvalue weighted by Gasteiger charge is -2.18. The number of amides is 1. The molecular weight excluding hydrogens is 290 g/mol. The van der Waals surface area contributed by atoms with E-state index in [2.05, 4.69) is 34.1 Å². The molecule has 0 saturated carbocycles. The van der Waals surface area contributed by atoms with Crippen LogP contribution in [0.15, 0.2) is 18.6 Å². The first-order valence-corrected chi connectivity index (χ1v) is 8.33. The Morgan fingerprint density at radius 2 is 2.26 bits per heavy atom. The Balaban J connectivity index is 1.57. The minimum atomic E-state index is -0.0846. The summed E-state index contributed by atoms with van der Waals surface area (Å²) in [7, 11) is 0. The molecule has 2 aromatic heterocycles. The summed E-state index contributed by atoms with van der Waals surface area (Å²) in [5.41, 5.74) is 2.17. The Morgan fingerprint density at radius 3 is 3.04 bits per heavy atom. The first-order chi connectivity index (χ1) is 11.0. The fourth-order valence-electron chi connectivity index (χ4n) is 3.22. The fraction of sp³-hybridized carbons (Fsp3) is 0.588. The van der Waals surface area contributed by atoms with Crippen LogP contribution in [0.25, 0.3) is 5.65 Å². The largest absolute Gasteiger partial charge is 0.352 e. The molecule has 6 heteroatoms. The van der Waals surface area contributed by atoms with Crippen molar-refractivity contribution in [1.82, 2.24) is 24.8 Å². The zero-order valence-electron chi connectivity index (χ0n) is 14.1. The zero-order chi connectivity index (χ0) is 16.4. The van der Waals surface area contributed by atoms with Crippen molar-refractivity contribution in [3.05, 3.63) is 29.7 Å². The zero-order valence-corrected chi connectivity index (χ0v) is 14.1. The third-order valence-corrected chi connectivity index (χ3v) is 4.27. The lowest BCUT2D eigenvalue weighted by molar-refractivity contribution is 0.0948. The van der Waals surface area contributed by atoms with E-state index in [1.165, 1.54) is 0 Å². The molecule has 1 fully saturated rings. The maximum Gasteiger partial charge on any atom is 0.256 e. The van der Waals surface area contributed by atoms with Gasteiger partial charge in [-0.05, 0) is 37.3 Å². The van der Waals surface area contributed by atoms with E-state index in [9.17, 15) is 4.79 Å². The minimum Gasteiger partial charge on any atom is -0.352 e. The normalized spacial score (nSPS) is 18.9. The Morgan fingerprint density at radius 1 is 1.43 bits per heavy atom. The van der Waals surface area contributed by atoms with Gasteiger partial charge in [0.25, 0.3) is 5.91 Å². The van der Waals surface area contributed by atoms with E-state index < -0.39 is 0 Å². The summed E-state index contributed by atoms with van der Waals surface area (Å²) in [6, 6.07) is 0. The molecule has 3 rings (SSSR count). The van der Waals surface area contributed by atoms with Gasteiger partial charge in [-0.25, -0.2) is 9.50 Å². The van der Waals surface area contributed by atoms with E-state index >= 15 is 0 Å². The van der Waals surface area contributed by atoms with E-state index in [4.69, 9.17) is 0 Å². The van der Waals surface area contributed by atoms with Crippen LogP contribution in [-0.4, -0.2) is 51.6 Å². The van der Waals surface area contributed by atoms with Crippen molar-refractivity contribution in [1.29, 1.82) is 0 Å². The number of carbonyl (C=O) groups is 1. The van der Waals surface area contributed by atoms with Crippen LogP contribution in [0.2, 0.25) is 0 Å². The van der Waals surface area contributed by atoms with E-state index in [1.807, 2.05) is 13.1 Å². The number of hydrogen-bond donors (Lipinski definition) is 1. The summed E-state index contributed by atoms with van der Waals surface area (Å²) >= 11 is 0. The third-order valence-electron chi connectivity index (χ3n) is 4.27. The molecule has 0 aromatic carbocycles. The molecule has 1 N–H and O–H groups in total.